The summed E-state index contributed by atoms with van der Waals surface area (Å²) in [6, 6.07) is 22.8. The second-order valence-corrected chi connectivity index (χ2v) is 8.92. The van der Waals surface area contributed by atoms with Crippen molar-refractivity contribution >= 4 is 75.0 Å². The summed E-state index contributed by atoms with van der Waals surface area (Å²) in [4.78, 5) is 27.4. The second kappa shape index (κ2) is 9.06. The Bertz CT molecular complexity index is 1490. The lowest BCUT2D eigenvalue weighted by Gasteiger charge is -2.29. The molecule has 1 fully saturated rings. The van der Waals surface area contributed by atoms with Gasteiger partial charge in [0.2, 0.25) is 0 Å². The van der Waals surface area contributed by atoms with Crippen LogP contribution in [0, 0.1) is 0 Å². The third kappa shape index (κ3) is 4.01. The van der Waals surface area contributed by atoms with Crippen LogP contribution in [0.2, 0.25) is 10.0 Å². The summed E-state index contributed by atoms with van der Waals surface area (Å²) in [6.07, 6.45) is 3.53. The summed E-state index contributed by atoms with van der Waals surface area (Å²) < 4.78 is 2.10. The molecule has 0 aliphatic carbocycles. The van der Waals surface area contributed by atoms with Crippen LogP contribution in [0.4, 0.5) is 5.69 Å². The number of halogens is 2. The number of hydrogen-bond donors (Lipinski definition) is 1. The first-order valence-corrected chi connectivity index (χ1v) is 11.6. The molecule has 2 heterocycles. The maximum atomic E-state index is 13.4. The number of carbonyl (C=O) groups excluding carboxylic acids is 2. The van der Waals surface area contributed by atoms with E-state index in [1.54, 1.807) is 24.3 Å². The molecule has 0 atom stereocenters. The average Bonchev–Trinajstić information content (AvgIpc) is 3.17. The van der Waals surface area contributed by atoms with Crippen LogP contribution in [0.25, 0.3) is 17.0 Å². The summed E-state index contributed by atoms with van der Waals surface area (Å²) in [6.45, 7) is 0.652. The van der Waals surface area contributed by atoms with Crippen molar-refractivity contribution in [2.75, 3.05) is 4.90 Å². The summed E-state index contributed by atoms with van der Waals surface area (Å²) in [7, 11) is 0. The number of anilines is 1. The van der Waals surface area contributed by atoms with Gasteiger partial charge >= 0.3 is 0 Å². The van der Waals surface area contributed by atoms with Gasteiger partial charge in [-0.05, 0) is 42.1 Å². The fraction of sp³-hybridized carbons (Fsp3) is 0.0385. The van der Waals surface area contributed by atoms with E-state index in [0.717, 1.165) is 22.0 Å². The lowest BCUT2D eigenvalue weighted by molar-refractivity contribution is -0.122. The van der Waals surface area contributed by atoms with Gasteiger partial charge in [-0.1, -0.05) is 77.8 Å². The van der Waals surface area contributed by atoms with Crippen LogP contribution < -0.4 is 10.2 Å². The number of benzene rings is 3. The molecule has 4 aromatic rings. The molecule has 3 aromatic carbocycles. The fourth-order valence-electron chi connectivity index (χ4n) is 4.00. The fourth-order valence-corrected chi connectivity index (χ4v) is 4.65. The van der Waals surface area contributed by atoms with E-state index >= 15 is 0 Å². The Balaban J connectivity index is 1.59. The molecule has 1 aliphatic rings. The molecule has 1 saturated heterocycles. The molecule has 1 N–H and O–H groups in total. The van der Waals surface area contributed by atoms with Gasteiger partial charge in [-0.15, -0.1) is 0 Å². The van der Waals surface area contributed by atoms with Crippen LogP contribution >= 0.6 is 35.4 Å². The van der Waals surface area contributed by atoms with E-state index in [1.807, 2.05) is 48.7 Å². The molecular weight excluding hydrogens is 489 g/mol. The highest BCUT2D eigenvalue weighted by Gasteiger charge is 2.36. The number of amides is 2. The van der Waals surface area contributed by atoms with Crippen molar-refractivity contribution in [3.8, 4) is 0 Å². The number of fused-ring (bicyclic) bond motifs is 1. The van der Waals surface area contributed by atoms with Crippen molar-refractivity contribution in [2.45, 2.75) is 6.54 Å². The van der Waals surface area contributed by atoms with Crippen molar-refractivity contribution in [1.82, 2.24) is 9.88 Å². The molecule has 0 radical (unpaired) electrons. The highest BCUT2D eigenvalue weighted by molar-refractivity contribution is 7.80. The number of nitrogens with zero attached hydrogens (tertiary/aromatic N) is 2. The van der Waals surface area contributed by atoms with Crippen LogP contribution in [0.1, 0.15) is 11.1 Å². The zero-order chi connectivity index (χ0) is 23.8. The molecule has 34 heavy (non-hydrogen) atoms. The second-order valence-electron chi connectivity index (χ2n) is 7.75. The number of thiocarbonyl (C=S) groups is 1. The SMILES string of the molecule is O=C1NC(=S)N(c2cccc(Cl)c2Cl)C(=O)/C1=C/c1cn(Cc2ccccc2)c2ccccc12. The maximum Gasteiger partial charge on any atom is 0.270 e. The van der Waals surface area contributed by atoms with Gasteiger partial charge in [0, 0.05) is 29.2 Å². The van der Waals surface area contributed by atoms with E-state index in [-0.39, 0.29) is 20.7 Å². The minimum Gasteiger partial charge on any atom is -0.342 e. The van der Waals surface area contributed by atoms with Crippen LogP contribution in [0.3, 0.4) is 0 Å². The van der Waals surface area contributed by atoms with Gasteiger partial charge in [0.25, 0.3) is 11.8 Å². The minimum absolute atomic E-state index is 0.0488. The number of rotatable bonds is 4. The monoisotopic (exact) mass is 505 g/mol. The summed E-state index contributed by atoms with van der Waals surface area (Å²) >= 11 is 17.8. The van der Waals surface area contributed by atoms with Gasteiger partial charge < -0.3 is 4.57 Å². The van der Waals surface area contributed by atoms with Gasteiger partial charge in [-0.3, -0.25) is 19.8 Å². The third-order valence-corrected chi connectivity index (χ3v) is 6.68. The zero-order valence-electron chi connectivity index (χ0n) is 17.7. The van der Waals surface area contributed by atoms with Crippen molar-refractivity contribution < 1.29 is 9.59 Å². The molecule has 0 bridgehead atoms. The van der Waals surface area contributed by atoms with E-state index in [4.69, 9.17) is 35.4 Å². The van der Waals surface area contributed by atoms with Crippen molar-refractivity contribution in [1.29, 1.82) is 0 Å². The third-order valence-electron chi connectivity index (χ3n) is 5.59. The van der Waals surface area contributed by atoms with E-state index in [1.165, 1.54) is 4.90 Å². The topological polar surface area (TPSA) is 54.3 Å². The van der Waals surface area contributed by atoms with Crippen molar-refractivity contribution in [3.63, 3.8) is 0 Å². The number of aromatic nitrogens is 1. The Labute approximate surface area is 211 Å². The van der Waals surface area contributed by atoms with E-state index in [0.29, 0.717) is 12.2 Å². The van der Waals surface area contributed by atoms with Crippen LogP contribution in [0.5, 0.6) is 0 Å². The largest absolute Gasteiger partial charge is 0.342 e. The highest BCUT2D eigenvalue weighted by Crippen LogP contribution is 2.35. The van der Waals surface area contributed by atoms with Crippen molar-refractivity contribution in [3.05, 3.63) is 106 Å². The first kappa shape index (κ1) is 22.3. The molecule has 168 valence electrons. The average molecular weight is 506 g/mol. The normalized spacial score (nSPS) is 15.3. The number of nitrogens with one attached hydrogen (secondary N) is 1. The lowest BCUT2D eigenvalue weighted by atomic mass is 10.1. The van der Waals surface area contributed by atoms with E-state index in [9.17, 15) is 9.59 Å². The predicted octanol–water partition coefficient (Wildman–Crippen LogP) is 5.83. The first-order valence-electron chi connectivity index (χ1n) is 10.4. The smallest absolute Gasteiger partial charge is 0.270 e. The minimum atomic E-state index is -0.571. The van der Waals surface area contributed by atoms with Gasteiger partial charge in [0.15, 0.2) is 5.11 Å². The molecular formula is C26H17Cl2N3O2S. The molecule has 5 nitrogen and oxygen atoms in total. The summed E-state index contributed by atoms with van der Waals surface area (Å²) in [5, 5.41) is 3.92. The number of hydrogen-bond acceptors (Lipinski definition) is 3. The molecule has 8 heteroatoms. The lowest BCUT2D eigenvalue weighted by Crippen LogP contribution is -2.54. The van der Waals surface area contributed by atoms with E-state index < -0.39 is 11.8 Å². The molecule has 1 aliphatic heterocycles. The van der Waals surface area contributed by atoms with Gasteiger partial charge in [0.1, 0.15) is 5.57 Å². The predicted molar refractivity (Wildman–Crippen MR) is 140 cm³/mol. The van der Waals surface area contributed by atoms with Crippen molar-refractivity contribution in [2.24, 2.45) is 0 Å². The number of carbonyl (C=O) groups is 2. The van der Waals surface area contributed by atoms with E-state index in [2.05, 4.69) is 22.0 Å². The Morgan fingerprint density at radius 2 is 1.65 bits per heavy atom. The highest BCUT2D eigenvalue weighted by atomic mass is 35.5. The maximum absolute atomic E-state index is 13.4. The molecule has 0 unspecified atom stereocenters. The van der Waals surface area contributed by atoms with Crippen LogP contribution in [-0.2, 0) is 16.1 Å². The molecule has 0 saturated carbocycles. The van der Waals surface area contributed by atoms with Crippen LogP contribution in [-0.4, -0.2) is 21.5 Å². The Morgan fingerprint density at radius 1 is 0.912 bits per heavy atom. The summed E-state index contributed by atoms with van der Waals surface area (Å²) in [5.74, 6) is -1.14. The van der Waals surface area contributed by atoms with Gasteiger partial charge in [-0.2, -0.15) is 0 Å². The zero-order valence-corrected chi connectivity index (χ0v) is 20.0. The number of para-hydroxylation sites is 1. The Morgan fingerprint density at radius 3 is 2.44 bits per heavy atom. The Kier molecular flexibility index (Phi) is 5.96. The van der Waals surface area contributed by atoms with Gasteiger partial charge in [-0.25, -0.2) is 0 Å². The standard InChI is InChI=1S/C26H17Cl2N3O2S/c27-20-10-6-12-22(23(20)28)31-25(33)19(24(32)29-26(31)34)13-17-15-30(14-16-7-2-1-3-8-16)21-11-5-4-9-18(17)21/h1-13,15H,14H2,(H,29,32,34)/b19-13+. The van der Waals surface area contributed by atoms with Crippen LogP contribution in [0.15, 0.2) is 84.6 Å². The summed E-state index contributed by atoms with van der Waals surface area (Å²) in [5.41, 5.74) is 3.14. The van der Waals surface area contributed by atoms with Gasteiger partial charge in [0.05, 0.1) is 15.7 Å². The molecule has 1 aromatic heterocycles. The molecule has 2 amide bonds. The molecule has 0 spiro atoms. The Hall–Kier alpha value is -3.45. The molecule has 5 rings (SSSR count). The first-order chi connectivity index (χ1) is 16.4. The quantitative estimate of drug-likeness (QED) is 0.215.